The number of amides is 1. The molecule has 5 nitrogen and oxygen atoms in total. The van der Waals surface area contributed by atoms with Crippen molar-refractivity contribution in [3.63, 3.8) is 0 Å². The van der Waals surface area contributed by atoms with Gasteiger partial charge in [-0.3, -0.25) is 10.2 Å². The van der Waals surface area contributed by atoms with Gasteiger partial charge in [0.2, 0.25) is 0 Å². The zero-order valence-electron chi connectivity index (χ0n) is 16.5. The third-order valence-corrected chi connectivity index (χ3v) is 4.35. The van der Waals surface area contributed by atoms with Crippen molar-refractivity contribution in [3.8, 4) is 0 Å². The molecule has 0 aliphatic heterocycles. The topological polar surface area (TPSA) is 65.8 Å². The number of nitrogens with zero attached hydrogens (tertiary/aromatic N) is 2. The summed E-state index contributed by atoms with van der Waals surface area (Å²) in [6.07, 6.45) is 0. The Morgan fingerprint density at radius 2 is 1.10 bits per heavy atom. The third-order valence-electron chi connectivity index (χ3n) is 4.35. The van der Waals surface area contributed by atoms with Crippen LogP contribution in [0.5, 0.6) is 0 Å². The molecule has 0 heterocycles. The van der Waals surface area contributed by atoms with Gasteiger partial charge in [-0.15, -0.1) is 0 Å². The van der Waals surface area contributed by atoms with E-state index in [4.69, 9.17) is 0 Å². The second-order valence-corrected chi connectivity index (χ2v) is 6.54. The maximum Gasteiger partial charge on any atom is 0.271 e. The molecular formula is C23H20F2N4O. The quantitative estimate of drug-likeness (QED) is 0.449. The Morgan fingerprint density at radius 3 is 1.60 bits per heavy atom. The van der Waals surface area contributed by atoms with Crippen molar-refractivity contribution in [1.29, 1.82) is 0 Å². The predicted octanol–water partition coefficient (Wildman–Crippen LogP) is 4.95. The summed E-state index contributed by atoms with van der Waals surface area (Å²) in [5, 5.41) is 8.32. The van der Waals surface area contributed by atoms with Gasteiger partial charge in [-0.05, 0) is 73.5 Å². The summed E-state index contributed by atoms with van der Waals surface area (Å²) in [7, 11) is 0. The summed E-state index contributed by atoms with van der Waals surface area (Å²) in [6.45, 7) is 3.53. The number of nitrogens with one attached hydrogen (secondary N) is 2. The molecule has 0 saturated heterocycles. The Hall–Kier alpha value is -3.87. The minimum atomic E-state index is -0.367. The lowest BCUT2D eigenvalue weighted by atomic mass is 10.1. The minimum absolute atomic E-state index is 0.300. The highest BCUT2D eigenvalue weighted by Crippen LogP contribution is 2.11. The molecule has 0 unspecified atom stereocenters. The van der Waals surface area contributed by atoms with E-state index in [1.54, 1.807) is 55.5 Å². The minimum Gasteiger partial charge on any atom is -0.278 e. The number of benzene rings is 3. The molecule has 0 saturated carbocycles. The van der Waals surface area contributed by atoms with Crippen LogP contribution in [0.1, 0.15) is 35.3 Å². The van der Waals surface area contributed by atoms with E-state index in [2.05, 4.69) is 21.1 Å². The summed E-state index contributed by atoms with van der Waals surface area (Å²) in [6, 6.07) is 18.6. The molecule has 7 heteroatoms. The second-order valence-electron chi connectivity index (χ2n) is 6.54. The molecule has 3 rings (SSSR count). The zero-order valence-corrected chi connectivity index (χ0v) is 16.5. The molecule has 0 aromatic heterocycles. The summed E-state index contributed by atoms with van der Waals surface area (Å²) in [4.78, 5) is 12.3. The predicted molar refractivity (Wildman–Crippen MR) is 115 cm³/mol. The van der Waals surface area contributed by atoms with Gasteiger partial charge in [0.15, 0.2) is 0 Å². The molecule has 0 radical (unpaired) electrons. The van der Waals surface area contributed by atoms with Gasteiger partial charge in [0.25, 0.3) is 5.91 Å². The van der Waals surface area contributed by atoms with Crippen LogP contribution in [-0.4, -0.2) is 17.3 Å². The van der Waals surface area contributed by atoms with E-state index in [1.165, 1.54) is 24.3 Å². The number of hydrogen-bond acceptors (Lipinski definition) is 4. The Kier molecular flexibility index (Phi) is 6.64. The van der Waals surface area contributed by atoms with Crippen molar-refractivity contribution in [2.45, 2.75) is 13.8 Å². The first-order valence-corrected chi connectivity index (χ1v) is 9.19. The summed E-state index contributed by atoms with van der Waals surface area (Å²) < 4.78 is 26.0. The number of carbonyl (C=O) groups is 1. The molecule has 30 heavy (non-hydrogen) atoms. The average molecular weight is 406 g/mol. The Balaban J connectivity index is 1.60. The van der Waals surface area contributed by atoms with Gasteiger partial charge in [-0.1, -0.05) is 24.3 Å². The first-order chi connectivity index (χ1) is 14.4. The summed E-state index contributed by atoms with van der Waals surface area (Å²) >= 11 is 0. The van der Waals surface area contributed by atoms with E-state index >= 15 is 0 Å². The fourth-order valence-corrected chi connectivity index (χ4v) is 2.55. The first kappa shape index (κ1) is 20.9. The van der Waals surface area contributed by atoms with Crippen LogP contribution in [0.25, 0.3) is 0 Å². The highest BCUT2D eigenvalue weighted by atomic mass is 19.1. The normalized spacial score (nSPS) is 11.9. The lowest BCUT2D eigenvalue weighted by Crippen LogP contribution is -2.19. The van der Waals surface area contributed by atoms with Crippen molar-refractivity contribution in [3.05, 3.63) is 101 Å². The van der Waals surface area contributed by atoms with Crippen LogP contribution in [0.15, 0.2) is 83.0 Å². The smallest absolute Gasteiger partial charge is 0.271 e. The SMILES string of the molecule is C/C(=N\NC(=O)c1ccc(N/N=C(\C)c2ccc(F)cc2)cc1)c1ccc(F)cc1. The monoisotopic (exact) mass is 406 g/mol. The van der Waals surface area contributed by atoms with Gasteiger partial charge < -0.3 is 0 Å². The van der Waals surface area contributed by atoms with Crippen LogP contribution in [0.3, 0.4) is 0 Å². The van der Waals surface area contributed by atoms with Crippen LogP contribution >= 0.6 is 0 Å². The number of anilines is 1. The Morgan fingerprint density at radius 1 is 0.667 bits per heavy atom. The number of carbonyl (C=O) groups excluding carboxylic acids is 1. The number of rotatable bonds is 6. The van der Waals surface area contributed by atoms with Crippen LogP contribution in [0.2, 0.25) is 0 Å². The molecule has 3 aromatic carbocycles. The number of hydrogen-bond donors (Lipinski definition) is 2. The van der Waals surface area contributed by atoms with Crippen molar-refractivity contribution >= 4 is 23.0 Å². The fourth-order valence-electron chi connectivity index (χ4n) is 2.55. The van der Waals surface area contributed by atoms with E-state index in [9.17, 15) is 13.6 Å². The van der Waals surface area contributed by atoms with Crippen molar-refractivity contribution < 1.29 is 13.6 Å². The average Bonchev–Trinajstić information content (AvgIpc) is 2.77. The standard InChI is InChI=1S/C23H20F2N4O/c1-15(17-3-9-20(24)10-4-17)26-28-22-13-7-19(8-14-22)23(30)29-27-16(2)18-5-11-21(25)12-6-18/h3-14,28H,1-2H3,(H,29,30)/b26-15+,27-16+. The van der Waals surface area contributed by atoms with Crippen LogP contribution in [-0.2, 0) is 0 Å². The van der Waals surface area contributed by atoms with E-state index < -0.39 is 0 Å². The second kappa shape index (κ2) is 9.56. The Bertz CT molecular complexity index is 1070. The molecule has 0 aliphatic carbocycles. The van der Waals surface area contributed by atoms with Gasteiger partial charge in [-0.25, -0.2) is 14.2 Å². The molecule has 0 atom stereocenters. The van der Waals surface area contributed by atoms with E-state index in [1.807, 2.05) is 6.92 Å². The molecule has 1 amide bonds. The lowest BCUT2D eigenvalue weighted by molar-refractivity contribution is 0.0955. The number of halogens is 2. The molecule has 2 N–H and O–H groups in total. The van der Waals surface area contributed by atoms with E-state index in [0.717, 1.165) is 5.56 Å². The fraction of sp³-hybridized carbons (Fsp3) is 0.0870. The highest BCUT2D eigenvalue weighted by Gasteiger charge is 2.06. The summed E-state index contributed by atoms with van der Waals surface area (Å²) in [5.74, 6) is -0.999. The van der Waals surface area contributed by atoms with Gasteiger partial charge in [0.1, 0.15) is 11.6 Å². The molecule has 152 valence electrons. The van der Waals surface area contributed by atoms with E-state index in [0.29, 0.717) is 28.2 Å². The largest absolute Gasteiger partial charge is 0.278 e. The lowest BCUT2D eigenvalue weighted by Gasteiger charge is -2.06. The van der Waals surface area contributed by atoms with Gasteiger partial charge >= 0.3 is 0 Å². The Labute approximate surface area is 173 Å². The van der Waals surface area contributed by atoms with Gasteiger partial charge in [0.05, 0.1) is 17.1 Å². The molecule has 3 aromatic rings. The number of hydrazone groups is 2. The van der Waals surface area contributed by atoms with Crippen molar-refractivity contribution in [2.75, 3.05) is 5.43 Å². The first-order valence-electron chi connectivity index (χ1n) is 9.19. The van der Waals surface area contributed by atoms with Gasteiger partial charge in [0, 0.05) is 5.56 Å². The van der Waals surface area contributed by atoms with Crippen molar-refractivity contribution in [1.82, 2.24) is 5.43 Å². The molecule has 0 aliphatic rings. The van der Waals surface area contributed by atoms with Crippen LogP contribution < -0.4 is 10.9 Å². The molecule has 0 bridgehead atoms. The van der Waals surface area contributed by atoms with Gasteiger partial charge in [-0.2, -0.15) is 10.2 Å². The zero-order chi connectivity index (χ0) is 21.5. The van der Waals surface area contributed by atoms with Crippen LogP contribution in [0, 0.1) is 11.6 Å². The summed E-state index contributed by atoms with van der Waals surface area (Å²) in [5.41, 5.74) is 9.28. The van der Waals surface area contributed by atoms with E-state index in [-0.39, 0.29) is 17.5 Å². The van der Waals surface area contributed by atoms with Crippen molar-refractivity contribution in [2.24, 2.45) is 10.2 Å². The maximum atomic E-state index is 13.0. The molecular weight excluding hydrogens is 386 g/mol. The third kappa shape index (κ3) is 5.57. The molecule has 0 fully saturated rings. The highest BCUT2D eigenvalue weighted by molar-refractivity contribution is 6.01. The van der Waals surface area contributed by atoms with Crippen LogP contribution in [0.4, 0.5) is 14.5 Å². The maximum absolute atomic E-state index is 13.0. The molecule has 0 spiro atoms.